The number of aromatic nitrogens is 2. The van der Waals surface area contributed by atoms with Crippen molar-refractivity contribution in [2.45, 2.75) is 0 Å². The number of hydrogen-bond acceptors (Lipinski definition) is 12. The first-order valence-electron chi connectivity index (χ1n) is 14.3. The summed E-state index contributed by atoms with van der Waals surface area (Å²) >= 11 is 0. The van der Waals surface area contributed by atoms with Gasteiger partial charge in [0.15, 0.2) is 0 Å². The van der Waals surface area contributed by atoms with Gasteiger partial charge in [-0.15, -0.1) is 0 Å². The molecule has 12 heteroatoms. The van der Waals surface area contributed by atoms with Crippen LogP contribution in [-0.2, 0) is 18.9 Å². The fourth-order valence-electron chi connectivity index (χ4n) is 3.47. The van der Waals surface area contributed by atoms with E-state index < -0.39 is 0 Å². The SMILES string of the molecule is c1cc(N=Nc2ccc(OCCOCCOCCOCCOCCOc3ccc(N=Nc4ccncc4)cc3)cc2)ccn1. The zero-order valence-electron chi connectivity index (χ0n) is 24.4. The summed E-state index contributed by atoms with van der Waals surface area (Å²) in [6.07, 6.45) is 6.71. The number of ether oxygens (including phenoxy) is 6. The standard InChI is InChI=1S/C32H36N6O6/c1-5-31(6-2-27(1)35-37-29-9-13-33-14-10-29)43-25-23-41-21-19-39-17-18-40-20-22-42-24-26-44-32-7-3-28(4-8-32)36-38-30-11-15-34-16-12-30/h1-16H,17-26H2. The predicted octanol–water partition coefficient (Wildman–Crippen LogP) is 6.83. The minimum absolute atomic E-state index is 0.443. The second-order valence-electron chi connectivity index (χ2n) is 8.95. The van der Waals surface area contributed by atoms with Gasteiger partial charge in [0.1, 0.15) is 24.7 Å². The van der Waals surface area contributed by atoms with E-state index >= 15 is 0 Å². The van der Waals surface area contributed by atoms with Crippen LogP contribution in [0.4, 0.5) is 22.7 Å². The molecule has 0 bridgehead atoms. The first-order chi connectivity index (χ1) is 21.8. The van der Waals surface area contributed by atoms with Crippen molar-refractivity contribution >= 4 is 22.7 Å². The highest BCUT2D eigenvalue weighted by atomic mass is 16.6. The molecule has 0 N–H and O–H groups in total. The van der Waals surface area contributed by atoms with Crippen LogP contribution in [0.5, 0.6) is 11.5 Å². The molecule has 0 aliphatic carbocycles. The van der Waals surface area contributed by atoms with Crippen molar-refractivity contribution in [2.24, 2.45) is 20.5 Å². The van der Waals surface area contributed by atoms with E-state index in [4.69, 9.17) is 28.4 Å². The average molecular weight is 601 g/mol. The molecule has 44 heavy (non-hydrogen) atoms. The molecule has 0 saturated heterocycles. The van der Waals surface area contributed by atoms with Gasteiger partial charge in [0.2, 0.25) is 0 Å². The van der Waals surface area contributed by atoms with Gasteiger partial charge in [-0.3, -0.25) is 9.97 Å². The van der Waals surface area contributed by atoms with Crippen molar-refractivity contribution in [3.63, 3.8) is 0 Å². The summed E-state index contributed by atoms with van der Waals surface area (Å²) in [5.74, 6) is 1.49. The summed E-state index contributed by atoms with van der Waals surface area (Å²) in [5, 5.41) is 16.7. The molecule has 0 spiro atoms. The summed E-state index contributed by atoms with van der Waals surface area (Å²) in [4.78, 5) is 7.91. The molecule has 2 aromatic carbocycles. The molecular formula is C32H36N6O6. The first-order valence-corrected chi connectivity index (χ1v) is 14.3. The van der Waals surface area contributed by atoms with Gasteiger partial charge < -0.3 is 28.4 Å². The highest BCUT2D eigenvalue weighted by molar-refractivity contribution is 5.43. The normalized spacial score (nSPS) is 11.4. The molecule has 230 valence electrons. The number of azo groups is 2. The molecule has 0 saturated carbocycles. The summed E-state index contributed by atoms with van der Waals surface area (Å²) in [7, 11) is 0. The highest BCUT2D eigenvalue weighted by Crippen LogP contribution is 2.22. The second kappa shape index (κ2) is 20.3. The Bertz CT molecular complexity index is 1250. The third-order valence-electron chi connectivity index (χ3n) is 5.67. The minimum atomic E-state index is 0.443. The zero-order chi connectivity index (χ0) is 30.3. The van der Waals surface area contributed by atoms with Gasteiger partial charge in [-0.25, -0.2) is 0 Å². The maximum absolute atomic E-state index is 5.68. The lowest BCUT2D eigenvalue weighted by molar-refractivity contribution is -0.00698. The molecule has 2 aromatic heterocycles. The van der Waals surface area contributed by atoms with Crippen molar-refractivity contribution in [3.8, 4) is 11.5 Å². The largest absolute Gasteiger partial charge is 0.491 e. The van der Waals surface area contributed by atoms with Crippen molar-refractivity contribution < 1.29 is 28.4 Å². The van der Waals surface area contributed by atoms with Crippen molar-refractivity contribution in [2.75, 3.05) is 66.1 Å². The van der Waals surface area contributed by atoms with E-state index in [2.05, 4.69) is 30.4 Å². The number of benzene rings is 2. The number of rotatable bonds is 21. The molecule has 0 amide bonds. The zero-order valence-corrected chi connectivity index (χ0v) is 24.4. The van der Waals surface area contributed by atoms with Gasteiger partial charge in [0, 0.05) is 24.8 Å². The van der Waals surface area contributed by atoms with Gasteiger partial charge in [-0.2, -0.15) is 20.5 Å². The van der Waals surface area contributed by atoms with E-state index in [0.29, 0.717) is 66.1 Å². The van der Waals surface area contributed by atoms with E-state index in [9.17, 15) is 0 Å². The van der Waals surface area contributed by atoms with E-state index in [1.54, 1.807) is 49.1 Å². The van der Waals surface area contributed by atoms with Gasteiger partial charge in [0.25, 0.3) is 0 Å². The number of pyridine rings is 2. The van der Waals surface area contributed by atoms with Crippen LogP contribution in [0.2, 0.25) is 0 Å². The molecule has 4 rings (SSSR count). The van der Waals surface area contributed by atoms with Crippen LogP contribution in [0, 0.1) is 0 Å². The Kier molecular flexibility index (Phi) is 14.9. The monoisotopic (exact) mass is 600 g/mol. The lowest BCUT2D eigenvalue weighted by Crippen LogP contribution is -2.14. The summed E-state index contributed by atoms with van der Waals surface area (Å²) < 4.78 is 33.5. The van der Waals surface area contributed by atoms with Crippen LogP contribution in [0.25, 0.3) is 0 Å². The maximum atomic E-state index is 5.68. The molecule has 0 aliphatic heterocycles. The molecule has 0 atom stereocenters. The topological polar surface area (TPSA) is 131 Å². The maximum Gasteiger partial charge on any atom is 0.119 e. The summed E-state index contributed by atoms with van der Waals surface area (Å²) in [5.41, 5.74) is 2.98. The van der Waals surface area contributed by atoms with E-state index in [0.717, 1.165) is 34.2 Å². The van der Waals surface area contributed by atoms with Crippen molar-refractivity contribution in [3.05, 3.63) is 97.6 Å². The van der Waals surface area contributed by atoms with E-state index in [1.807, 2.05) is 48.5 Å². The first kappa shape index (κ1) is 32.3. The fraction of sp³-hybridized carbons (Fsp3) is 0.312. The van der Waals surface area contributed by atoms with Crippen LogP contribution >= 0.6 is 0 Å². The van der Waals surface area contributed by atoms with Gasteiger partial charge in [-0.1, -0.05) is 0 Å². The van der Waals surface area contributed by atoms with Crippen LogP contribution < -0.4 is 9.47 Å². The quantitative estimate of drug-likeness (QED) is 0.0751. The van der Waals surface area contributed by atoms with Crippen LogP contribution in [-0.4, -0.2) is 76.0 Å². The number of hydrogen-bond donors (Lipinski definition) is 0. The Morgan fingerprint density at radius 2 is 0.614 bits per heavy atom. The third kappa shape index (κ3) is 13.6. The van der Waals surface area contributed by atoms with Gasteiger partial charge >= 0.3 is 0 Å². The third-order valence-corrected chi connectivity index (χ3v) is 5.67. The lowest BCUT2D eigenvalue weighted by atomic mass is 10.3. The minimum Gasteiger partial charge on any atom is -0.491 e. The Morgan fingerprint density at radius 3 is 0.932 bits per heavy atom. The molecule has 0 fully saturated rings. The van der Waals surface area contributed by atoms with Gasteiger partial charge in [0.05, 0.1) is 75.6 Å². The Balaban J connectivity index is 0.901. The lowest BCUT2D eigenvalue weighted by Gasteiger charge is -2.09. The molecule has 0 radical (unpaired) electrons. The molecule has 0 aliphatic rings. The van der Waals surface area contributed by atoms with Crippen molar-refractivity contribution in [1.29, 1.82) is 0 Å². The van der Waals surface area contributed by atoms with Gasteiger partial charge in [-0.05, 0) is 72.8 Å². The van der Waals surface area contributed by atoms with E-state index in [-0.39, 0.29) is 0 Å². The molecule has 2 heterocycles. The molecular weight excluding hydrogens is 564 g/mol. The predicted molar refractivity (Wildman–Crippen MR) is 164 cm³/mol. The molecule has 0 unspecified atom stereocenters. The fourth-order valence-corrected chi connectivity index (χ4v) is 3.47. The summed E-state index contributed by atoms with van der Waals surface area (Å²) in [6, 6.07) is 22.0. The second-order valence-corrected chi connectivity index (χ2v) is 8.95. The highest BCUT2D eigenvalue weighted by Gasteiger charge is 1.98. The number of nitrogens with zero attached hydrogens (tertiary/aromatic N) is 6. The molecule has 4 aromatic rings. The molecule has 12 nitrogen and oxygen atoms in total. The van der Waals surface area contributed by atoms with Crippen LogP contribution in [0.1, 0.15) is 0 Å². The smallest absolute Gasteiger partial charge is 0.119 e. The van der Waals surface area contributed by atoms with E-state index in [1.165, 1.54) is 0 Å². The Morgan fingerprint density at radius 1 is 0.341 bits per heavy atom. The van der Waals surface area contributed by atoms with Crippen LogP contribution in [0.3, 0.4) is 0 Å². The Labute approximate surface area is 256 Å². The average Bonchev–Trinajstić information content (AvgIpc) is 3.08. The van der Waals surface area contributed by atoms with Crippen LogP contribution in [0.15, 0.2) is 118 Å². The Hall–Kier alpha value is -4.62. The summed E-state index contributed by atoms with van der Waals surface area (Å²) in [6.45, 7) is 4.75. The van der Waals surface area contributed by atoms with Crippen molar-refractivity contribution in [1.82, 2.24) is 9.97 Å².